The van der Waals surface area contributed by atoms with Gasteiger partial charge in [-0.1, -0.05) is 36.9 Å². The standard InChI is InChI=1S/C21H21BrO4/c1-15(6-5-11-24-13-16-7-3-2-4-8-16)12-25-20-18-14-26-21(23)17(18)9-10-19(20)22/h2-4,7-10H,1,5-6,11-14H2. The zero-order valence-electron chi connectivity index (χ0n) is 14.5. The van der Waals surface area contributed by atoms with E-state index in [1.165, 1.54) is 5.56 Å². The van der Waals surface area contributed by atoms with Crippen LogP contribution in [0.2, 0.25) is 0 Å². The summed E-state index contributed by atoms with van der Waals surface area (Å²) in [6.07, 6.45) is 1.72. The van der Waals surface area contributed by atoms with Crippen molar-refractivity contribution >= 4 is 21.9 Å². The summed E-state index contributed by atoms with van der Waals surface area (Å²) in [4.78, 5) is 11.6. The smallest absolute Gasteiger partial charge is 0.339 e. The van der Waals surface area contributed by atoms with E-state index in [0.29, 0.717) is 31.1 Å². The van der Waals surface area contributed by atoms with Crippen molar-refractivity contribution in [3.8, 4) is 5.75 Å². The molecule has 0 fully saturated rings. The van der Waals surface area contributed by atoms with Crippen molar-refractivity contribution in [3.63, 3.8) is 0 Å². The first-order chi connectivity index (χ1) is 12.6. The zero-order valence-corrected chi connectivity index (χ0v) is 16.1. The Morgan fingerprint density at radius 2 is 2.00 bits per heavy atom. The Morgan fingerprint density at radius 1 is 1.19 bits per heavy atom. The van der Waals surface area contributed by atoms with Crippen molar-refractivity contribution in [3.05, 3.63) is 75.8 Å². The molecule has 0 saturated heterocycles. The predicted molar refractivity (Wildman–Crippen MR) is 103 cm³/mol. The summed E-state index contributed by atoms with van der Waals surface area (Å²) >= 11 is 3.47. The molecule has 2 aromatic rings. The van der Waals surface area contributed by atoms with Crippen molar-refractivity contribution in [2.45, 2.75) is 26.1 Å². The van der Waals surface area contributed by atoms with Gasteiger partial charge in [-0.05, 0) is 52.0 Å². The van der Waals surface area contributed by atoms with Crippen LogP contribution in [0, 0.1) is 0 Å². The van der Waals surface area contributed by atoms with Gasteiger partial charge in [-0.25, -0.2) is 4.79 Å². The van der Waals surface area contributed by atoms with Crippen LogP contribution in [0.15, 0.2) is 59.1 Å². The maximum Gasteiger partial charge on any atom is 0.339 e. The molecule has 2 aromatic carbocycles. The van der Waals surface area contributed by atoms with Gasteiger partial charge in [-0.15, -0.1) is 0 Å². The van der Waals surface area contributed by atoms with Crippen molar-refractivity contribution < 1.29 is 19.0 Å². The molecule has 0 saturated carbocycles. The lowest BCUT2D eigenvalue weighted by molar-refractivity contribution is 0.0534. The summed E-state index contributed by atoms with van der Waals surface area (Å²) in [5.41, 5.74) is 3.53. The second-order valence-electron chi connectivity index (χ2n) is 6.16. The number of ether oxygens (including phenoxy) is 3. The van der Waals surface area contributed by atoms with E-state index in [9.17, 15) is 4.79 Å². The molecule has 0 amide bonds. The molecule has 0 bridgehead atoms. The van der Waals surface area contributed by atoms with Gasteiger partial charge in [0.1, 0.15) is 19.0 Å². The lowest BCUT2D eigenvalue weighted by Crippen LogP contribution is -2.05. The van der Waals surface area contributed by atoms with Crippen LogP contribution in [0.4, 0.5) is 0 Å². The number of rotatable bonds is 9. The zero-order chi connectivity index (χ0) is 18.4. The Labute approximate surface area is 161 Å². The molecule has 0 aromatic heterocycles. The summed E-state index contributed by atoms with van der Waals surface area (Å²) in [6.45, 7) is 6.03. The van der Waals surface area contributed by atoms with E-state index in [-0.39, 0.29) is 12.6 Å². The molecule has 1 aliphatic rings. The van der Waals surface area contributed by atoms with E-state index in [4.69, 9.17) is 14.2 Å². The highest BCUT2D eigenvalue weighted by Gasteiger charge is 2.26. The molecule has 0 aliphatic carbocycles. The molecule has 26 heavy (non-hydrogen) atoms. The van der Waals surface area contributed by atoms with Gasteiger partial charge in [-0.3, -0.25) is 0 Å². The Hall–Kier alpha value is -2.11. The maximum absolute atomic E-state index is 11.6. The van der Waals surface area contributed by atoms with Gasteiger partial charge in [0.25, 0.3) is 0 Å². The fourth-order valence-corrected chi connectivity index (χ4v) is 3.23. The Morgan fingerprint density at radius 3 is 2.81 bits per heavy atom. The molecule has 0 radical (unpaired) electrons. The van der Waals surface area contributed by atoms with Crippen LogP contribution in [0.5, 0.6) is 5.75 Å². The van der Waals surface area contributed by atoms with E-state index < -0.39 is 0 Å². The van der Waals surface area contributed by atoms with Crippen molar-refractivity contribution in [2.75, 3.05) is 13.2 Å². The fourth-order valence-electron chi connectivity index (χ4n) is 2.74. The van der Waals surface area contributed by atoms with Gasteiger partial charge >= 0.3 is 5.97 Å². The summed E-state index contributed by atoms with van der Waals surface area (Å²) in [6, 6.07) is 13.7. The van der Waals surface area contributed by atoms with Gasteiger partial charge in [0, 0.05) is 12.2 Å². The van der Waals surface area contributed by atoms with Gasteiger partial charge in [0.05, 0.1) is 16.6 Å². The van der Waals surface area contributed by atoms with E-state index in [0.717, 1.165) is 28.5 Å². The fraction of sp³-hybridized carbons (Fsp3) is 0.286. The van der Waals surface area contributed by atoms with E-state index in [1.807, 2.05) is 18.2 Å². The average Bonchev–Trinajstić information content (AvgIpc) is 3.02. The normalized spacial score (nSPS) is 12.6. The number of hydrogen-bond acceptors (Lipinski definition) is 4. The van der Waals surface area contributed by atoms with Gasteiger partial charge in [0.15, 0.2) is 0 Å². The minimum absolute atomic E-state index is 0.253. The number of fused-ring (bicyclic) bond motifs is 1. The van der Waals surface area contributed by atoms with E-state index in [1.54, 1.807) is 12.1 Å². The number of benzene rings is 2. The molecule has 0 spiro atoms. The van der Waals surface area contributed by atoms with Crippen LogP contribution < -0.4 is 4.74 Å². The molecule has 4 nitrogen and oxygen atoms in total. The maximum atomic E-state index is 11.6. The molecule has 0 unspecified atom stereocenters. The number of hydrogen-bond donors (Lipinski definition) is 0. The van der Waals surface area contributed by atoms with Crippen LogP contribution in [-0.2, 0) is 22.7 Å². The van der Waals surface area contributed by atoms with Crippen molar-refractivity contribution in [1.29, 1.82) is 0 Å². The first kappa shape index (κ1) is 18.7. The van der Waals surface area contributed by atoms with E-state index in [2.05, 4.69) is 34.6 Å². The molecule has 1 aliphatic heterocycles. The lowest BCUT2D eigenvalue weighted by atomic mass is 10.1. The third kappa shape index (κ3) is 4.74. The van der Waals surface area contributed by atoms with Crippen LogP contribution in [-0.4, -0.2) is 19.2 Å². The first-order valence-electron chi connectivity index (χ1n) is 8.55. The monoisotopic (exact) mass is 416 g/mol. The van der Waals surface area contributed by atoms with Crippen molar-refractivity contribution in [1.82, 2.24) is 0 Å². The quantitative estimate of drug-likeness (QED) is 0.325. The number of cyclic esters (lactones) is 1. The number of halogens is 1. The lowest BCUT2D eigenvalue weighted by Gasteiger charge is -2.13. The Bertz CT molecular complexity index is 786. The predicted octanol–water partition coefficient (Wildman–Crippen LogP) is 5.05. The molecule has 3 rings (SSSR count). The molecule has 0 N–H and O–H groups in total. The largest absolute Gasteiger partial charge is 0.488 e. The third-order valence-corrected chi connectivity index (χ3v) is 4.76. The first-order valence-corrected chi connectivity index (χ1v) is 9.34. The SMILES string of the molecule is C=C(CCCOCc1ccccc1)COc1c(Br)ccc2c1COC2=O. The molecule has 0 atom stereocenters. The summed E-state index contributed by atoms with van der Waals surface area (Å²) in [5.74, 6) is 0.363. The Balaban J connectivity index is 1.40. The van der Waals surface area contributed by atoms with Crippen LogP contribution in [0.25, 0.3) is 0 Å². The second-order valence-corrected chi connectivity index (χ2v) is 7.01. The summed E-state index contributed by atoms with van der Waals surface area (Å²) < 4.78 is 17.5. The summed E-state index contributed by atoms with van der Waals surface area (Å²) in [7, 11) is 0. The van der Waals surface area contributed by atoms with Gasteiger partial charge in [-0.2, -0.15) is 0 Å². The second kappa shape index (κ2) is 9.01. The topological polar surface area (TPSA) is 44.8 Å². The highest BCUT2D eigenvalue weighted by Crippen LogP contribution is 2.36. The molecular weight excluding hydrogens is 396 g/mol. The molecule has 5 heteroatoms. The number of carbonyl (C=O) groups is 1. The Kier molecular flexibility index (Phi) is 6.47. The number of esters is 1. The highest BCUT2D eigenvalue weighted by atomic mass is 79.9. The third-order valence-electron chi connectivity index (χ3n) is 4.13. The average molecular weight is 417 g/mol. The van der Waals surface area contributed by atoms with E-state index >= 15 is 0 Å². The van der Waals surface area contributed by atoms with Crippen LogP contribution in [0.3, 0.4) is 0 Å². The van der Waals surface area contributed by atoms with Crippen molar-refractivity contribution in [2.24, 2.45) is 0 Å². The molecular formula is C21H21BrO4. The number of carbonyl (C=O) groups excluding carboxylic acids is 1. The van der Waals surface area contributed by atoms with Gasteiger partial charge < -0.3 is 14.2 Å². The molecule has 1 heterocycles. The minimum Gasteiger partial charge on any atom is -0.488 e. The summed E-state index contributed by atoms with van der Waals surface area (Å²) in [5, 5.41) is 0. The highest BCUT2D eigenvalue weighted by molar-refractivity contribution is 9.10. The van der Waals surface area contributed by atoms with Crippen LogP contribution >= 0.6 is 15.9 Å². The van der Waals surface area contributed by atoms with Crippen LogP contribution in [0.1, 0.15) is 34.3 Å². The van der Waals surface area contributed by atoms with Gasteiger partial charge in [0.2, 0.25) is 0 Å². The molecule has 136 valence electrons. The minimum atomic E-state index is -0.299.